The summed E-state index contributed by atoms with van der Waals surface area (Å²) in [5.74, 6) is -0.372. The molecule has 0 aromatic heterocycles. The van der Waals surface area contributed by atoms with Gasteiger partial charge in [-0.3, -0.25) is 9.59 Å². The van der Waals surface area contributed by atoms with E-state index >= 15 is 0 Å². The first-order valence-electron chi connectivity index (χ1n) is 8.78. The standard InChI is InChI=1S/C21H18Cl2N2O2/c1-24-20(26)19-18-10-12-5-6-15(23)11-17(12)16(18)7-8-25(19)21(27)13-3-2-4-14(22)9-13/h2-6,9,11,19H,7-8,10H2,1H3,(H,24,26). The third-order valence-corrected chi connectivity index (χ3v) is 5.71. The van der Waals surface area contributed by atoms with E-state index in [9.17, 15) is 9.59 Å². The Morgan fingerprint density at radius 3 is 2.63 bits per heavy atom. The molecular weight excluding hydrogens is 383 g/mol. The number of fused-ring (bicyclic) bond motifs is 2. The van der Waals surface area contributed by atoms with Gasteiger partial charge in [0.15, 0.2) is 0 Å². The Morgan fingerprint density at radius 1 is 1.11 bits per heavy atom. The number of hydrogen-bond donors (Lipinski definition) is 1. The number of halogens is 2. The molecule has 2 amide bonds. The van der Waals surface area contributed by atoms with Crippen molar-refractivity contribution in [2.75, 3.05) is 13.6 Å². The number of hydrogen-bond acceptors (Lipinski definition) is 2. The summed E-state index contributed by atoms with van der Waals surface area (Å²) in [6.07, 6.45) is 1.35. The Labute approximate surface area is 167 Å². The fraction of sp³-hybridized carbons (Fsp3) is 0.238. The zero-order chi connectivity index (χ0) is 19.1. The van der Waals surface area contributed by atoms with Crippen LogP contribution in [0.5, 0.6) is 0 Å². The number of nitrogens with zero attached hydrogens (tertiary/aromatic N) is 1. The molecule has 6 heteroatoms. The van der Waals surface area contributed by atoms with Crippen LogP contribution in [0.25, 0.3) is 5.57 Å². The average molecular weight is 401 g/mol. The molecule has 0 radical (unpaired) electrons. The van der Waals surface area contributed by atoms with Crippen molar-refractivity contribution in [1.29, 1.82) is 0 Å². The Morgan fingerprint density at radius 2 is 1.89 bits per heavy atom. The van der Waals surface area contributed by atoms with Crippen molar-refractivity contribution in [1.82, 2.24) is 10.2 Å². The highest BCUT2D eigenvalue weighted by Gasteiger charge is 2.40. The van der Waals surface area contributed by atoms with Gasteiger partial charge in [0.25, 0.3) is 5.91 Å². The molecule has 1 N–H and O–H groups in total. The van der Waals surface area contributed by atoms with Gasteiger partial charge in [-0.15, -0.1) is 0 Å². The van der Waals surface area contributed by atoms with Gasteiger partial charge in [0, 0.05) is 29.2 Å². The van der Waals surface area contributed by atoms with E-state index in [4.69, 9.17) is 23.2 Å². The molecule has 2 aliphatic rings. The zero-order valence-corrected chi connectivity index (χ0v) is 16.3. The van der Waals surface area contributed by atoms with Crippen LogP contribution >= 0.6 is 23.2 Å². The van der Waals surface area contributed by atoms with Crippen molar-refractivity contribution >= 4 is 40.6 Å². The first kappa shape index (κ1) is 18.1. The summed E-state index contributed by atoms with van der Waals surface area (Å²) < 4.78 is 0. The van der Waals surface area contributed by atoms with E-state index in [2.05, 4.69) is 5.32 Å². The van der Waals surface area contributed by atoms with E-state index in [1.54, 1.807) is 36.2 Å². The van der Waals surface area contributed by atoms with Crippen LogP contribution in [0.3, 0.4) is 0 Å². The second kappa shape index (κ2) is 7.02. The topological polar surface area (TPSA) is 49.4 Å². The number of carbonyl (C=O) groups excluding carboxylic acids is 2. The van der Waals surface area contributed by atoms with Crippen LogP contribution in [0.15, 0.2) is 48.0 Å². The maximum atomic E-state index is 13.1. The predicted octanol–water partition coefficient (Wildman–Crippen LogP) is 3.96. The van der Waals surface area contributed by atoms with E-state index in [-0.39, 0.29) is 11.8 Å². The van der Waals surface area contributed by atoms with Crippen LogP contribution in [0.2, 0.25) is 10.0 Å². The van der Waals surface area contributed by atoms with Crippen LogP contribution in [0.4, 0.5) is 0 Å². The van der Waals surface area contributed by atoms with Crippen molar-refractivity contribution in [3.05, 3.63) is 74.8 Å². The summed E-state index contributed by atoms with van der Waals surface area (Å²) in [7, 11) is 1.60. The normalized spacial score (nSPS) is 18.2. The van der Waals surface area contributed by atoms with Gasteiger partial charge in [-0.1, -0.05) is 35.3 Å². The molecule has 0 fully saturated rings. The number of nitrogens with one attached hydrogen (secondary N) is 1. The molecule has 1 unspecified atom stereocenters. The molecule has 1 atom stereocenters. The Bertz CT molecular complexity index is 984. The highest BCUT2D eigenvalue weighted by molar-refractivity contribution is 6.31. The summed E-state index contributed by atoms with van der Waals surface area (Å²) in [5, 5.41) is 3.89. The molecule has 0 saturated carbocycles. The second-order valence-electron chi connectivity index (χ2n) is 6.76. The molecular formula is C21H18Cl2N2O2. The molecule has 1 aliphatic carbocycles. The van der Waals surface area contributed by atoms with Gasteiger partial charge in [0.05, 0.1) is 0 Å². The lowest BCUT2D eigenvalue weighted by molar-refractivity contribution is -0.124. The molecule has 1 heterocycles. The fourth-order valence-electron chi connectivity index (χ4n) is 4.02. The number of benzene rings is 2. The lowest BCUT2D eigenvalue weighted by Crippen LogP contribution is -2.52. The van der Waals surface area contributed by atoms with Crippen LogP contribution < -0.4 is 5.32 Å². The van der Waals surface area contributed by atoms with Crippen LogP contribution in [-0.4, -0.2) is 36.3 Å². The van der Waals surface area contributed by atoms with Gasteiger partial charge in [-0.2, -0.15) is 0 Å². The smallest absolute Gasteiger partial charge is 0.254 e. The van der Waals surface area contributed by atoms with Crippen molar-refractivity contribution in [3.8, 4) is 0 Å². The molecule has 1 aliphatic heterocycles. The molecule has 27 heavy (non-hydrogen) atoms. The first-order chi connectivity index (χ1) is 13.0. The summed E-state index contributed by atoms with van der Waals surface area (Å²) in [4.78, 5) is 27.5. The summed E-state index contributed by atoms with van der Waals surface area (Å²) in [5.41, 5.74) is 4.85. The minimum absolute atomic E-state index is 0.184. The predicted molar refractivity (Wildman–Crippen MR) is 107 cm³/mol. The third-order valence-electron chi connectivity index (χ3n) is 5.24. The molecule has 0 saturated heterocycles. The van der Waals surface area contributed by atoms with Crippen molar-refractivity contribution in [2.45, 2.75) is 18.9 Å². The van der Waals surface area contributed by atoms with Crippen molar-refractivity contribution < 1.29 is 9.59 Å². The molecule has 2 aromatic rings. The second-order valence-corrected chi connectivity index (χ2v) is 7.63. The van der Waals surface area contributed by atoms with E-state index in [0.29, 0.717) is 35.0 Å². The summed E-state index contributed by atoms with van der Waals surface area (Å²) in [6.45, 7) is 0.466. The monoisotopic (exact) mass is 400 g/mol. The lowest BCUT2D eigenvalue weighted by Gasteiger charge is -2.36. The number of amides is 2. The highest BCUT2D eigenvalue weighted by Crippen LogP contribution is 2.42. The molecule has 4 nitrogen and oxygen atoms in total. The largest absolute Gasteiger partial charge is 0.357 e. The van der Waals surface area contributed by atoms with E-state index in [1.807, 2.05) is 18.2 Å². The van der Waals surface area contributed by atoms with Gasteiger partial charge in [-0.05, 0) is 65.4 Å². The average Bonchev–Trinajstić information content (AvgIpc) is 3.03. The molecule has 2 aromatic carbocycles. The maximum Gasteiger partial charge on any atom is 0.254 e. The molecule has 138 valence electrons. The van der Waals surface area contributed by atoms with E-state index in [1.165, 1.54) is 0 Å². The van der Waals surface area contributed by atoms with Gasteiger partial charge in [-0.25, -0.2) is 0 Å². The molecule has 4 rings (SSSR count). The molecule has 0 bridgehead atoms. The van der Waals surface area contributed by atoms with Crippen LogP contribution in [0, 0.1) is 0 Å². The minimum atomic E-state index is -0.628. The maximum absolute atomic E-state index is 13.1. The number of likely N-dealkylation sites (N-methyl/N-ethyl adjacent to an activating group) is 1. The fourth-order valence-corrected chi connectivity index (χ4v) is 4.38. The third kappa shape index (κ3) is 3.13. The van der Waals surface area contributed by atoms with Gasteiger partial charge in [0.1, 0.15) is 6.04 Å². The first-order valence-corrected chi connectivity index (χ1v) is 9.54. The molecule has 0 spiro atoms. The summed E-state index contributed by atoms with van der Waals surface area (Å²) >= 11 is 12.2. The Kier molecular flexibility index (Phi) is 4.70. The Hall–Kier alpha value is -2.30. The number of rotatable bonds is 2. The van der Waals surface area contributed by atoms with Gasteiger partial charge >= 0.3 is 0 Å². The minimum Gasteiger partial charge on any atom is -0.357 e. The highest BCUT2D eigenvalue weighted by atomic mass is 35.5. The zero-order valence-electron chi connectivity index (χ0n) is 14.8. The van der Waals surface area contributed by atoms with Crippen molar-refractivity contribution in [2.24, 2.45) is 0 Å². The lowest BCUT2D eigenvalue weighted by atomic mass is 9.91. The quantitative estimate of drug-likeness (QED) is 0.828. The van der Waals surface area contributed by atoms with Gasteiger partial charge < -0.3 is 10.2 Å². The number of carbonyl (C=O) groups is 2. The Balaban J connectivity index is 1.75. The van der Waals surface area contributed by atoms with Gasteiger partial charge in [0.2, 0.25) is 5.91 Å². The van der Waals surface area contributed by atoms with E-state index < -0.39 is 6.04 Å². The van der Waals surface area contributed by atoms with Crippen LogP contribution in [0.1, 0.15) is 27.9 Å². The van der Waals surface area contributed by atoms with Crippen molar-refractivity contribution in [3.63, 3.8) is 0 Å². The summed E-state index contributed by atoms with van der Waals surface area (Å²) in [6, 6.07) is 12.0. The SMILES string of the molecule is CNC(=O)C1C2=C(CCN1C(=O)c1cccc(Cl)c1)c1cc(Cl)ccc1C2. The van der Waals surface area contributed by atoms with Crippen LogP contribution in [-0.2, 0) is 11.2 Å². The van der Waals surface area contributed by atoms with E-state index in [0.717, 1.165) is 22.3 Å².